The van der Waals surface area contributed by atoms with Crippen molar-refractivity contribution in [2.45, 2.75) is 324 Å². The van der Waals surface area contributed by atoms with Gasteiger partial charge >= 0.3 is 39.5 Å². The highest BCUT2D eigenvalue weighted by atomic mass is 31.2. The van der Waals surface area contributed by atoms with E-state index >= 15 is 0 Å². The second-order valence-electron chi connectivity index (χ2n) is 23.8. The maximum atomic E-state index is 13.0. The lowest BCUT2D eigenvalue weighted by atomic mass is 9.99. The van der Waals surface area contributed by atoms with Gasteiger partial charge in [-0.1, -0.05) is 254 Å². The zero-order chi connectivity index (χ0) is 61.0. The average molecular weight is 1210 g/mol. The van der Waals surface area contributed by atoms with Crippen molar-refractivity contribution in [3.63, 3.8) is 0 Å². The Bertz CT molecular complexity index is 1630. The summed E-state index contributed by atoms with van der Waals surface area (Å²) in [5, 5.41) is 10.5. The molecule has 0 aliphatic carbocycles. The van der Waals surface area contributed by atoms with Crippen LogP contribution in [-0.4, -0.2) is 96.7 Å². The fraction of sp³-hybridized carbons (Fsp3) is 0.937. The van der Waals surface area contributed by atoms with Gasteiger partial charge in [0.15, 0.2) is 12.2 Å². The number of esters is 4. The molecule has 0 aromatic heterocycles. The van der Waals surface area contributed by atoms with Gasteiger partial charge in [-0.05, 0) is 43.4 Å². The Morgan fingerprint density at radius 3 is 0.927 bits per heavy atom. The number of rotatable bonds is 61. The predicted octanol–water partition coefficient (Wildman–Crippen LogP) is 17.1. The molecule has 7 atom stereocenters. The van der Waals surface area contributed by atoms with Crippen LogP contribution in [0, 0.1) is 17.8 Å². The molecule has 0 amide bonds. The summed E-state index contributed by atoms with van der Waals surface area (Å²) in [6.45, 7) is 11.7. The van der Waals surface area contributed by atoms with Crippen LogP contribution in [0.25, 0.3) is 0 Å². The Labute approximate surface area is 498 Å². The van der Waals surface area contributed by atoms with Crippen LogP contribution in [-0.2, 0) is 65.4 Å². The highest BCUT2D eigenvalue weighted by Crippen LogP contribution is 2.45. The third-order valence-electron chi connectivity index (χ3n) is 15.1. The molecule has 486 valence electrons. The standard InChI is InChI=1S/C63H122O17P2/c1-8-11-12-27-37-44-60(65)73-50-58(80-63(68)47-40-33-26-25-28-34-41-54(4)5)52-77-81(69,70)75-48-57(64)49-76-82(71,72)78-53-59(79-62(67)46-39-32-24-20-16-14-18-22-30-36-43-56(7)10-3)51-74-61(66)45-38-31-23-19-15-13-17-21-29-35-42-55(6)9-2/h54-59,64H,8-53H2,1-7H3,(H,69,70)(H,71,72)/t55?,56?,57-,58+,59+/m0/s1. The molecular weight excluding hydrogens is 1090 g/mol. The summed E-state index contributed by atoms with van der Waals surface area (Å²) >= 11 is 0. The van der Waals surface area contributed by atoms with Crippen molar-refractivity contribution in [2.75, 3.05) is 39.6 Å². The maximum Gasteiger partial charge on any atom is 0.472 e. The number of phosphoric ester groups is 2. The summed E-state index contributed by atoms with van der Waals surface area (Å²) in [5.41, 5.74) is 0. The third-order valence-corrected chi connectivity index (χ3v) is 17.0. The highest BCUT2D eigenvalue weighted by Gasteiger charge is 2.30. The molecule has 0 aromatic rings. The number of ether oxygens (including phenoxy) is 4. The predicted molar refractivity (Wildman–Crippen MR) is 326 cm³/mol. The van der Waals surface area contributed by atoms with E-state index in [1.165, 1.54) is 109 Å². The Hall–Kier alpha value is -1.94. The van der Waals surface area contributed by atoms with Crippen LogP contribution in [0.1, 0.15) is 305 Å². The molecule has 0 aromatic carbocycles. The Morgan fingerprint density at radius 1 is 0.354 bits per heavy atom. The number of unbranched alkanes of at least 4 members (excludes halogenated alkanes) is 27. The van der Waals surface area contributed by atoms with Crippen molar-refractivity contribution in [3.05, 3.63) is 0 Å². The number of hydrogen-bond acceptors (Lipinski definition) is 15. The van der Waals surface area contributed by atoms with Crippen LogP contribution < -0.4 is 0 Å². The van der Waals surface area contributed by atoms with Gasteiger partial charge in [-0.25, -0.2) is 9.13 Å². The zero-order valence-corrected chi connectivity index (χ0v) is 54.7. The maximum absolute atomic E-state index is 13.0. The van der Waals surface area contributed by atoms with E-state index in [-0.39, 0.29) is 25.7 Å². The first-order valence-corrected chi connectivity index (χ1v) is 35.9. The lowest BCUT2D eigenvalue weighted by Crippen LogP contribution is -2.30. The first-order valence-electron chi connectivity index (χ1n) is 32.9. The van der Waals surface area contributed by atoms with Gasteiger partial charge in [0, 0.05) is 25.7 Å². The quantitative estimate of drug-likeness (QED) is 0.0222. The average Bonchev–Trinajstić information content (AvgIpc) is 3.44. The molecule has 0 bridgehead atoms. The molecular formula is C63H122O17P2. The van der Waals surface area contributed by atoms with Gasteiger partial charge in [0.1, 0.15) is 19.3 Å². The summed E-state index contributed by atoms with van der Waals surface area (Å²) in [6, 6.07) is 0. The topological polar surface area (TPSA) is 237 Å². The van der Waals surface area contributed by atoms with Gasteiger partial charge in [-0.3, -0.25) is 37.3 Å². The monoisotopic (exact) mass is 1210 g/mol. The molecule has 0 saturated carbocycles. The summed E-state index contributed by atoms with van der Waals surface area (Å²) in [7, 11) is -9.88. The molecule has 0 rings (SSSR count). The van der Waals surface area contributed by atoms with Crippen LogP contribution in [0.5, 0.6) is 0 Å². The molecule has 3 N–H and O–H groups in total. The SMILES string of the molecule is CCCCCCCC(=O)OC[C@H](COP(=O)(O)OC[C@H](O)COP(=O)(O)OC[C@@H](COC(=O)CCCCCCCCCCCCC(C)CC)OC(=O)CCCCCCCCCCCCC(C)CC)OC(=O)CCCCCCCCC(C)C. The highest BCUT2D eigenvalue weighted by molar-refractivity contribution is 7.47. The van der Waals surface area contributed by atoms with Gasteiger partial charge in [0.05, 0.1) is 26.4 Å². The molecule has 0 aliphatic heterocycles. The van der Waals surface area contributed by atoms with Crippen molar-refractivity contribution >= 4 is 39.5 Å². The summed E-state index contributed by atoms with van der Waals surface area (Å²) in [6.07, 6.45) is 35.2. The van der Waals surface area contributed by atoms with E-state index < -0.39 is 97.5 Å². The number of aliphatic hydroxyl groups excluding tert-OH is 1. The van der Waals surface area contributed by atoms with Crippen LogP contribution in [0.3, 0.4) is 0 Å². The summed E-state index contributed by atoms with van der Waals surface area (Å²) in [5.74, 6) is 0.131. The van der Waals surface area contributed by atoms with Crippen molar-refractivity contribution in [1.29, 1.82) is 0 Å². The van der Waals surface area contributed by atoms with Gasteiger partial charge in [-0.2, -0.15) is 0 Å². The first-order chi connectivity index (χ1) is 39.3. The molecule has 0 aliphatic rings. The molecule has 19 heteroatoms. The minimum Gasteiger partial charge on any atom is -0.462 e. The Morgan fingerprint density at radius 2 is 0.622 bits per heavy atom. The number of carbonyl (C=O) groups is 4. The second kappa shape index (κ2) is 54.5. The molecule has 82 heavy (non-hydrogen) atoms. The molecule has 0 spiro atoms. The van der Waals surface area contributed by atoms with Gasteiger partial charge < -0.3 is 33.8 Å². The molecule has 4 unspecified atom stereocenters. The number of carbonyl (C=O) groups excluding carboxylic acids is 4. The van der Waals surface area contributed by atoms with Crippen LogP contribution >= 0.6 is 15.6 Å². The molecule has 0 heterocycles. The van der Waals surface area contributed by atoms with Gasteiger partial charge in [0.25, 0.3) is 0 Å². The van der Waals surface area contributed by atoms with Crippen molar-refractivity contribution in [3.8, 4) is 0 Å². The van der Waals surface area contributed by atoms with E-state index in [0.717, 1.165) is 108 Å². The summed E-state index contributed by atoms with van der Waals surface area (Å²) < 4.78 is 67.7. The smallest absolute Gasteiger partial charge is 0.462 e. The van der Waals surface area contributed by atoms with E-state index in [4.69, 9.17) is 37.0 Å². The lowest BCUT2D eigenvalue weighted by molar-refractivity contribution is -0.161. The zero-order valence-electron chi connectivity index (χ0n) is 52.9. The number of phosphoric acid groups is 2. The van der Waals surface area contributed by atoms with Crippen molar-refractivity contribution < 1.29 is 80.2 Å². The normalized spacial score (nSPS) is 15.1. The van der Waals surface area contributed by atoms with Gasteiger partial charge in [-0.15, -0.1) is 0 Å². The lowest BCUT2D eigenvalue weighted by Gasteiger charge is -2.21. The largest absolute Gasteiger partial charge is 0.472 e. The fourth-order valence-electron chi connectivity index (χ4n) is 9.24. The minimum atomic E-state index is -4.94. The van der Waals surface area contributed by atoms with E-state index in [2.05, 4.69) is 48.5 Å². The summed E-state index contributed by atoms with van der Waals surface area (Å²) in [4.78, 5) is 71.9. The first kappa shape index (κ1) is 80.1. The minimum absolute atomic E-state index is 0.101. The second-order valence-corrected chi connectivity index (χ2v) is 26.7. The van der Waals surface area contributed by atoms with Crippen LogP contribution in [0.2, 0.25) is 0 Å². The van der Waals surface area contributed by atoms with E-state index in [0.29, 0.717) is 31.6 Å². The third kappa shape index (κ3) is 54.7. The number of aliphatic hydroxyl groups is 1. The van der Waals surface area contributed by atoms with Crippen LogP contribution in [0.4, 0.5) is 0 Å². The van der Waals surface area contributed by atoms with E-state index in [1.54, 1.807) is 0 Å². The number of hydrogen-bond donors (Lipinski definition) is 3. The van der Waals surface area contributed by atoms with Gasteiger partial charge in [0.2, 0.25) is 0 Å². The van der Waals surface area contributed by atoms with E-state index in [1.807, 2.05) is 0 Å². The molecule has 0 fully saturated rings. The molecule has 17 nitrogen and oxygen atoms in total. The van der Waals surface area contributed by atoms with E-state index in [9.17, 15) is 43.2 Å². The molecule has 0 radical (unpaired) electrons. The Balaban J connectivity index is 5.19. The Kier molecular flexibility index (Phi) is 53.2. The fourth-order valence-corrected chi connectivity index (χ4v) is 10.8. The van der Waals surface area contributed by atoms with Crippen molar-refractivity contribution in [1.82, 2.24) is 0 Å². The van der Waals surface area contributed by atoms with Crippen molar-refractivity contribution in [2.24, 2.45) is 17.8 Å². The molecule has 0 saturated heterocycles. The van der Waals surface area contributed by atoms with Crippen LogP contribution in [0.15, 0.2) is 0 Å².